The van der Waals surface area contributed by atoms with Gasteiger partial charge in [-0.1, -0.05) is 18.2 Å². The predicted molar refractivity (Wildman–Crippen MR) is 96.7 cm³/mol. The molecule has 1 aliphatic heterocycles. The number of anilines is 1. The highest BCUT2D eigenvalue weighted by Gasteiger charge is 2.26. The summed E-state index contributed by atoms with van der Waals surface area (Å²) in [5.41, 5.74) is 1.67. The quantitative estimate of drug-likeness (QED) is 0.801. The maximum absolute atomic E-state index is 12.7. The molecule has 7 nitrogen and oxygen atoms in total. The summed E-state index contributed by atoms with van der Waals surface area (Å²) in [4.78, 5) is 11.3. The van der Waals surface area contributed by atoms with Gasteiger partial charge in [-0.05, 0) is 35.9 Å². The smallest absolute Gasteiger partial charge is 0.335 e. The Labute approximate surface area is 152 Å². The Morgan fingerprint density at radius 1 is 1.12 bits per heavy atom. The third kappa shape index (κ3) is 4.21. The average molecular weight is 376 g/mol. The summed E-state index contributed by atoms with van der Waals surface area (Å²) in [7, 11) is -3.55. The van der Waals surface area contributed by atoms with Crippen molar-refractivity contribution in [1.29, 1.82) is 0 Å². The van der Waals surface area contributed by atoms with Gasteiger partial charge in [-0.25, -0.2) is 13.2 Å². The number of nitrogens with zero attached hydrogens (tertiary/aromatic N) is 1. The van der Waals surface area contributed by atoms with Crippen LogP contribution in [0.3, 0.4) is 0 Å². The number of benzene rings is 2. The molecule has 2 N–H and O–H groups in total. The number of carboxylic acids is 1. The van der Waals surface area contributed by atoms with Crippen LogP contribution in [0, 0.1) is 0 Å². The van der Waals surface area contributed by atoms with E-state index in [-0.39, 0.29) is 10.5 Å². The Bertz CT molecular complexity index is 892. The van der Waals surface area contributed by atoms with Crippen LogP contribution >= 0.6 is 0 Å². The number of ether oxygens (including phenoxy) is 1. The lowest BCUT2D eigenvalue weighted by Crippen LogP contribution is -2.40. The molecule has 1 heterocycles. The molecule has 3 rings (SSSR count). The molecule has 1 aliphatic rings. The van der Waals surface area contributed by atoms with E-state index in [1.165, 1.54) is 10.4 Å². The molecule has 1 saturated heterocycles. The first-order valence-corrected chi connectivity index (χ1v) is 9.65. The van der Waals surface area contributed by atoms with Gasteiger partial charge in [0, 0.05) is 25.3 Å². The first-order chi connectivity index (χ1) is 12.5. The van der Waals surface area contributed by atoms with Crippen LogP contribution in [-0.4, -0.2) is 50.1 Å². The van der Waals surface area contributed by atoms with E-state index in [9.17, 15) is 13.2 Å². The van der Waals surface area contributed by atoms with Crippen LogP contribution < -0.4 is 5.32 Å². The van der Waals surface area contributed by atoms with E-state index in [0.717, 1.165) is 5.56 Å². The fraction of sp³-hybridized carbons (Fsp3) is 0.278. The van der Waals surface area contributed by atoms with Crippen LogP contribution in [0.1, 0.15) is 15.9 Å². The zero-order valence-corrected chi connectivity index (χ0v) is 14.9. The van der Waals surface area contributed by atoms with Crippen LogP contribution in [0.4, 0.5) is 5.69 Å². The van der Waals surface area contributed by atoms with Gasteiger partial charge in [-0.3, -0.25) is 0 Å². The highest BCUT2D eigenvalue weighted by Crippen LogP contribution is 2.21. The molecule has 0 atom stereocenters. The molecule has 0 amide bonds. The molecule has 0 bridgehead atoms. The van der Waals surface area contributed by atoms with Crippen molar-refractivity contribution in [2.45, 2.75) is 11.4 Å². The number of hydrogen-bond acceptors (Lipinski definition) is 5. The standard InChI is InChI=1S/C18H20N2O5S/c21-18(22)15-4-1-3-14(11-15)13-19-16-5-2-6-17(12-16)26(23,24)20-7-9-25-10-8-20/h1-6,11-12,19H,7-10,13H2,(H,21,22). The average Bonchev–Trinajstić information content (AvgIpc) is 2.67. The summed E-state index contributed by atoms with van der Waals surface area (Å²) in [6.07, 6.45) is 0. The summed E-state index contributed by atoms with van der Waals surface area (Å²) in [6, 6.07) is 13.2. The van der Waals surface area contributed by atoms with Gasteiger partial charge in [0.2, 0.25) is 10.0 Å². The monoisotopic (exact) mass is 376 g/mol. The van der Waals surface area contributed by atoms with Gasteiger partial charge in [0.25, 0.3) is 0 Å². The minimum atomic E-state index is -3.55. The maximum Gasteiger partial charge on any atom is 0.335 e. The molecule has 0 saturated carbocycles. The molecule has 1 fully saturated rings. The summed E-state index contributed by atoms with van der Waals surface area (Å²) < 4.78 is 32.1. The number of carbonyl (C=O) groups is 1. The van der Waals surface area contributed by atoms with Crippen molar-refractivity contribution in [2.75, 3.05) is 31.6 Å². The van der Waals surface area contributed by atoms with Crippen LogP contribution in [0.5, 0.6) is 0 Å². The van der Waals surface area contributed by atoms with Gasteiger partial charge in [0.05, 0.1) is 23.7 Å². The van der Waals surface area contributed by atoms with Crippen molar-refractivity contribution in [3.05, 3.63) is 59.7 Å². The van der Waals surface area contributed by atoms with Crippen LogP contribution in [0.2, 0.25) is 0 Å². The molecule has 2 aromatic carbocycles. The molecule has 0 aromatic heterocycles. The lowest BCUT2D eigenvalue weighted by molar-refractivity contribution is 0.0696. The minimum absolute atomic E-state index is 0.216. The van der Waals surface area contributed by atoms with Gasteiger partial charge in [-0.15, -0.1) is 0 Å². The Morgan fingerprint density at radius 2 is 1.85 bits per heavy atom. The zero-order valence-electron chi connectivity index (χ0n) is 14.1. The first-order valence-electron chi connectivity index (χ1n) is 8.21. The molecule has 0 unspecified atom stereocenters. The first kappa shape index (κ1) is 18.4. The van der Waals surface area contributed by atoms with Gasteiger partial charge in [0.15, 0.2) is 0 Å². The van der Waals surface area contributed by atoms with E-state index in [1.807, 2.05) is 6.07 Å². The summed E-state index contributed by atoms with van der Waals surface area (Å²) in [6.45, 7) is 1.89. The number of morpholine rings is 1. The van der Waals surface area contributed by atoms with Crippen molar-refractivity contribution in [1.82, 2.24) is 4.31 Å². The van der Waals surface area contributed by atoms with E-state index >= 15 is 0 Å². The Kier molecular flexibility index (Phi) is 5.55. The van der Waals surface area contributed by atoms with Gasteiger partial charge >= 0.3 is 5.97 Å². The number of carboxylic acid groups (broad SMARTS) is 1. The molecule has 0 radical (unpaired) electrons. The highest BCUT2D eigenvalue weighted by atomic mass is 32.2. The van der Waals surface area contributed by atoms with Crippen molar-refractivity contribution in [3.63, 3.8) is 0 Å². The zero-order chi connectivity index (χ0) is 18.6. The molecule has 2 aromatic rings. The molecular weight excluding hydrogens is 356 g/mol. The normalized spacial score (nSPS) is 15.5. The molecule has 26 heavy (non-hydrogen) atoms. The van der Waals surface area contributed by atoms with E-state index in [4.69, 9.17) is 9.84 Å². The largest absolute Gasteiger partial charge is 0.478 e. The maximum atomic E-state index is 12.7. The van der Waals surface area contributed by atoms with Crippen molar-refractivity contribution in [3.8, 4) is 0 Å². The third-order valence-corrected chi connectivity index (χ3v) is 6.01. The number of rotatable bonds is 6. The fourth-order valence-electron chi connectivity index (χ4n) is 2.72. The molecule has 138 valence electrons. The topological polar surface area (TPSA) is 95.9 Å². The van der Waals surface area contributed by atoms with E-state index in [1.54, 1.807) is 36.4 Å². The second-order valence-corrected chi connectivity index (χ2v) is 7.84. The third-order valence-electron chi connectivity index (χ3n) is 4.11. The Hall–Kier alpha value is -2.42. The van der Waals surface area contributed by atoms with Crippen molar-refractivity contribution in [2.24, 2.45) is 0 Å². The van der Waals surface area contributed by atoms with Crippen LogP contribution in [-0.2, 0) is 21.3 Å². The number of sulfonamides is 1. The summed E-state index contributed by atoms with van der Waals surface area (Å²) in [5.74, 6) is -0.981. The summed E-state index contributed by atoms with van der Waals surface area (Å²) in [5, 5.41) is 12.2. The molecular formula is C18H20N2O5S. The number of nitrogens with one attached hydrogen (secondary N) is 1. The van der Waals surface area contributed by atoms with Crippen molar-refractivity contribution >= 4 is 21.7 Å². The molecule has 0 spiro atoms. The van der Waals surface area contributed by atoms with Gasteiger partial charge in [-0.2, -0.15) is 4.31 Å². The number of hydrogen-bond donors (Lipinski definition) is 2. The predicted octanol–water partition coefficient (Wildman–Crippen LogP) is 2.02. The second kappa shape index (κ2) is 7.86. The fourth-order valence-corrected chi connectivity index (χ4v) is 4.18. The Balaban J connectivity index is 1.73. The lowest BCUT2D eigenvalue weighted by atomic mass is 10.1. The molecule has 8 heteroatoms. The van der Waals surface area contributed by atoms with E-state index in [2.05, 4.69) is 5.32 Å². The van der Waals surface area contributed by atoms with Gasteiger partial charge < -0.3 is 15.2 Å². The van der Waals surface area contributed by atoms with Crippen molar-refractivity contribution < 1.29 is 23.1 Å². The van der Waals surface area contributed by atoms with Gasteiger partial charge in [0.1, 0.15) is 0 Å². The molecule has 0 aliphatic carbocycles. The highest BCUT2D eigenvalue weighted by molar-refractivity contribution is 7.89. The lowest BCUT2D eigenvalue weighted by Gasteiger charge is -2.26. The second-order valence-electron chi connectivity index (χ2n) is 5.90. The van der Waals surface area contributed by atoms with Crippen LogP contribution in [0.25, 0.3) is 0 Å². The number of aromatic carboxylic acids is 1. The van der Waals surface area contributed by atoms with E-state index < -0.39 is 16.0 Å². The van der Waals surface area contributed by atoms with Crippen LogP contribution in [0.15, 0.2) is 53.4 Å². The Morgan fingerprint density at radius 3 is 2.58 bits per heavy atom. The summed E-state index contributed by atoms with van der Waals surface area (Å²) >= 11 is 0. The SMILES string of the molecule is O=C(O)c1cccc(CNc2cccc(S(=O)(=O)N3CCOCC3)c2)c1. The minimum Gasteiger partial charge on any atom is -0.478 e. The van der Waals surface area contributed by atoms with E-state index in [0.29, 0.717) is 38.5 Å².